The fourth-order valence-electron chi connectivity index (χ4n) is 10.7. The van der Waals surface area contributed by atoms with Crippen LogP contribution < -0.4 is 0 Å². The van der Waals surface area contributed by atoms with Crippen LogP contribution in [-0.2, 0) is 11.2 Å². The minimum Gasteiger partial charge on any atom is -0.376 e. The number of fused-ring (bicyclic) bond motifs is 8. The molecule has 2 heteroatoms. The first-order valence-corrected chi connectivity index (χ1v) is 20.6. The van der Waals surface area contributed by atoms with Crippen molar-refractivity contribution in [2.45, 2.75) is 11.2 Å². The Morgan fingerprint density at radius 2 is 0.433 bits per heavy atom. The Kier molecular flexibility index (Phi) is 7.55. The van der Waals surface area contributed by atoms with Crippen molar-refractivity contribution in [3.05, 3.63) is 250 Å². The van der Waals surface area contributed by atoms with Gasteiger partial charge in [-0.05, 0) is 98.7 Å². The molecule has 0 spiro atoms. The summed E-state index contributed by atoms with van der Waals surface area (Å²) >= 11 is 0. The SMILES string of the molecule is OC1(c2c3ccccc3c(-c3c4ccccc4c(C4(O)c5ccccc5C=Cc5ccccc54)c4ccccc34)c3ccccc23)c2ccccc2C=Cc2ccccc21. The second-order valence-corrected chi connectivity index (χ2v) is 16.1. The number of benzene rings is 10. The van der Waals surface area contributed by atoms with Crippen molar-refractivity contribution >= 4 is 67.4 Å². The zero-order valence-electron chi connectivity index (χ0n) is 32.7. The molecule has 2 nitrogen and oxygen atoms in total. The maximum absolute atomic E-state index is 13.8. The predicted molar refractivity (Wildman–Crippen MR) is 250 cm³/mol. The summed E-state index contributed by atoms with van der Waals surface area (Å²) in [4.78, 5) is 0. The summed E-state index contributed by atoms with van der Waals surface area (Å²) in [5.41, 5.74) is 8.26. The average Bonchev–Trinajstić information content (AvgIpc) is 3.52. The van der Waals surface area contributed by atoms with Gasteiger partial charge in [-0.1, -0.05) is 218 Å². The summed E-state index contributed by atoms with van der Waals surface area (Å²) in [6.07, 6.45) is 8.50. The average molecular weight is 767 g/mol. The molecular weight excluding hydrogens is 729 g/mol. The molecular formula is C58H38O2. The Hall–Kier alpha value is -7.36. The van der Waals surface area contributed by atoms with Crippen LogP contribution in [0.2, 0.25) is 0 Å². The van der Waals surface area contributed by atoms with Crippen molar-refractivity contribution in [2.24, 2.45) is 0 Å². The summed E-state index contributed by atoms with van der Waals surface area (Å²) in [5, 5.41) is 35.8. The third kappa shape index (κ3) is 4.72. The Balaban J connectivity index is 1.25. The molecule has 10 aromatic rings. The van der Waals surface area contributed by atoms with E-state index in [4.69, 9.17) is 0 Å². The molecule has 0 saturated carbocycles. The molecule has 0 radical (unpaired) electrons. The summed E-state index contributed by atoms with van der Waals surface area (Å²) in [5.74, 6) is 0. The third-order valence-electron chi connectivity index (χ3n) is 13.1. The molecule has 0 saturated heterocycles. The highest BCUT2D eigenvalue weighted by Gasteiger charge is 2.43. The molecule has 0 bridgehead atoms. The molecule has 12 rings (SSSR count). The van der Waals surface area contributed by atoms with Gasteiger partial charge in [-0.25, -0.2) is 0 Å². The quantitative estimate of drug-likeness (QED) is 0.176. The molecule has 60 heavy (non-hydrogen) atoms. The first-order chi connectivity index (χ1) is 29.6. The number of aliphatic hydroxyl groups is 2. The molecule has 0 aromatic heterocycles. The molecule has 0 amide bonds. The van der Waals surface area contributed by atoms with Crippen molar-refractivity contribution < 1.29 is 10.2 Å². The molecule has 2 N–H and O–H groups in total. The fourth-order valence-corrected chi connectivity index (χ4v) is 10.7. The molecule has 2 aliphatic rings. The topological polar surface area (TPSA) is 40.5 Å². The van der Waals surface area contributed by atoms with Crippen LogP contribution in [0.5, 0.6) is 0 Å². The van der Waals surface area contributed by atoms with E-state index in [2.05, 4.69) is 170 Å². The van der Waals surface area contributed by atoms with Crippen LogP contribution in [0.1, 0.15) is 55.6 Å². The highest BCUT2D eigenvalue weighted by Crippen LogP contribution is 2.54. The van der Waals surface area contributed by atoms with Gasteiger partial charge >= 0.3 is 0 Å². The summed E-state index contributed by atoms with van der Waals surface area (Å²) in [7, 11) is 0. The lowest BCUT2D eigenvalue weighted by molar-refractivity contribution is 0.128. The lowest BCUT2D eigenvalue weighted by Gasteiger charge is -2.35. The Morgan fingerprint density at radius 1 is 0.233 bits per heavy atom. The second-order valence-electron chi connectivity index (χ2n) is 16.1. The smallest absolute Gasteiger partial charge is 0.142 e. The lowest BCUT2D eigenvalue weighted by atomic mass is 9.71. The van der Waals surface area contributed by atoms with Crippen molar-refractivity contribution in [3.8, 4) is 11.1 Å². The van der Waals surface area contributed by atoms with Gasteiger partial charge in [0.25, 0.3) is 0 Å². The normalized spacial score (nSPS) is 14.6. The molecule has 10 aromatic carbocycles. The second kappa shape index (κ2) is 13.1. The van der Waals surface area contributed by atoms with Crippen LogP contribution in [0.15, 0.2) is 194 Å². The minimum absolute atomic E-state index is 0.848. The molecule has 0 heterocycles. The van der Waals surface area contributed by atoms with E-state index in [0.717, 1.165) is 110 Å². The summed E-state index contributed by atoms with van der Waals surface area (Å²) in [6, 6.07) is 67.3. The van der Waals surface area contributed by atoms with Gasteiger partial charge in [0, 0.05) is 11.1 Å². The van der Waals surface area contributed by atoms with Gasteiger partial charge in [0.15, 0.2) is 0 Å². The number of hydrogen-bond donors (Lipinski definition) is 2. The van der Waals surface area contributed by atoms with Crippen LogP contribution in [-0.4, -0.2) is 10.2 Å². The van der Waals surface area contributed by atoms with E-state index in [1.54, 1.807) is 0 Å². The summed E-state index contributed by atoms with van der Waals surface area (Å²) < 4.78 is 0. The first-order valence-electron chi connectivity index (χ1n) is 20.6. The number of hydrogen-bond acceptors (Lipinski definition) is 2. The van der Waals surface area contributed by atoms with Crippen LogP contribution in [0, 0.1) is 0 Å². The Morgan fingerprint density at radius 3 is 0.683 bits per heavy atom. The minimum atomic E-state index is -1.49. The molecule has 0 fully saturated rings. The van der Waals surface area contributed by atoms with Crippen molar-refractivity contribution in [1.82, 2.24) is 0 Å². The van der Waals surface area contributed by atoms with E-state index in [-0.39, 0.29) is 0 Å². The van der Waals surface area contributed by atoms with Gasteiger partial charge in [0.2, 0.25) is 0 Å². The van der Waals surface area contributed by atoms with E-state index in [0.29, 0.717) is 0 Å². The van der Waals surface area contributed by atoms with Gasteiger partial charge in [-0.15, -0.1) is 0 Å². The molecule has 0 aliphatic heterocycles. The van der Waals surface area contributed by atoms with Gasteiger partial charge in [0.05, 0.1) is 0 Å². The van der Waals surface area contributed by atoms with Gasteiger partial charge < -0.3 is 10.2 Å². The van der Waals surface area contributed by atoms with Crippen LogP contribution in [0.3, 0.4) is 0 Å². The van der Waals surface area contributed by atoms with E-state index >= 15 is 0 Å². The van der Waals surface area contributed by atoms with Crippen molar-refractivity contribution in [2.75, 3.05) is 0 Å². The standard InChI is InChI=1S/C58H38O2/c59-57(49-29-13-1-17-37(49)33-34-38-18-2-14-30-50(38)57)55-45-25-9-5-21-41(45)53(42-22-6-10-26-46(42)55)54-43-23-7-11-27-47(43)56(48-28-12-8-24-44(48)54)58(60)51-31-15-3-19-39(51)35-36-40-20-4-16-32-52(40)58/h1-36,59-60H. The van der Waals surface area contributed by atoms with E-state index < -0.39 is 11.2 Å². The van der Waals surface area contributed by atoms with E-state index in [1.807, 2.05) is 48.5 Å². The van der Waals surface area contributed by atoms with Crippen LogP contribution >= 0.6 is 0 Å². The summed E-state index contributed by atoms with van der Waals surface area (Å²) in [6.45, 7) is 0. The van der Waals surface area contributed by atoms with Crippen molar-refractivity contribution in [3.63, 3.8) is 0 Å². The first kappa shape index (κ1) is 34.7. The van der Waals surface area contributed by atoms with Gasteiger partial charge in [-0.2, -0.15) is 0 Å². The molecule has 282 valence electrons. The molecule has 0 atom stereocenters. The number of rotatable bonds is 3. The zero-order chi connectivity index (χ0) is 40.0. The maximum Gasteiger partial charge on any atom is 0.142 e. The Labute approximate surface area is 348 Å². The molecule has 2 aliphatic carbocycles. The third-order valence-corrected chi connectivity index (χ3v) is 13.1. The van der Waals surface area contributed by atoms with Crippen LogP contribution in [0.4, 0.5) is 0 Å². The van der Waals surface area contributed by atoms with Gasteiger partial charge in [-0.3, -0.25) is 0 Å². The fraction of sp³-hybridized carbons (Fsp3) is 0.0345. The lowest BCUT2D eigenvalue weighted by Crippen LogP contribution is -2.31. The largest absolute Gasteiger partial charge is 0.376 e. The highest BCUT2D eigenvalue weighted by atomic mass is 16.3. The Bertz CT molecular complexity index is 3030. The van der Waals surface area contributed by atoms with Crippen molar-refractivity contribution in [1.29, 1.82) is 0 Å². The predicted octanol–water partition coefficient (Wildman–Crippen LogP) is 13.5. The van der Waals surface area contributed by atoms with Gasteiger partial charge in [0.1, 0.15) is 11.2 Å². The van der Waals surface area contributed by atoms with E-state index in [1.165, 1.54) is 0 Å². The highest BCUT2D eigenvalue weighted by molar-refractivity contribution is 6.26. The van der Waals surface area contributed by atoms with E-state index in [9.17, 15) is 10.2 Å². The van der Waals surface area contributed by atoms with Crippen LogP contribution in [0.25, 0.3) is 78.5 Å². The monoisotopic (exact) mass is 766 g/mol. The molecule has 0 unspecified atom stereocenters. The maximum atomic E-state index is 13.8. The zero-order valence-corrected chi connectivity index (χ0v) is 32.7.